The number of rotatable bonds is 2. The molecule has 0 spiro atoms. The van der Waals surface area contributed by atoms with Crippen LogP contribution in [0.2, 0.25) is 0 Å². The van der Waals surface area contributed by atoms with E-state index >= 15 is 0 Å². The van der Waals surface area contributed by atoms with Crippen LogP contribution in [0.1, 0.15) is 11.5 Å². The Hall–Kier alpha value is -1.03. The van der Waals surface area contributed by atoms with E-state index in [0.717, 1.165) is 5.69 Å². The van der Waals surface area contributed by atoms with E-state index in [1.165, 1.54) is 0 Å². The van der Waals surface area contributed by atoms with Crippen molar-refractivity contribution in [3.63, 3.8) is 0 Å². The molecule has 0 amide bonds. The summed E-state index contributed by atoms with van der Waals surface area (Å²) in [6.07, 6.45) is 0. The van der Waals surface area contributed by atoms with E-state index in [-0.39, 0.29) is 0 Å². The maximum absolute atomic E-state index is 5.00. The van der Waals surface area contributed by atoms with Crippen LogP contribution in [-0.4, -0.2) is 12.2 Å². The summed E-state index contributed by atoms with van der Waals surface area (Å²) in [5.41, 5.74) is 3.31. The highest BCUT2D eigenvalue weighted by Gasteiger charge is 2.08. The molecule has 1 heterocycles. The first-order valence-corrected chi connectivity index (χ1v) is 3.02. The van der Waals surface area contributed by atoms with Gasteiger partial charge in [-0.15, -0.1) is 0 Å². The maximum atomic E-state index is 5.00. The van der Waals surface area contributed by atoms with Crippen LogP contribution in [0.3, 0.4) is 0 Å². The Bertz CT molecular complexity index is 200. The first-order chi connectivity index (χ1) is 4.75. The van der Waals surface area contributed by atoms with Crippen molar-refractivity contribution in [2.45, 2.75) is 13.8 Å². The molecule has 4 heteroatoms. The number of hydroxylamine groups is 1. The SMILES string of the molecule is CNOc1c(C)noc1C. The summed E-state index contributed by atoms with van der Waals surface area (Å²) >= 11 is 0. The summed E-state index contributed by atoms with van der Waals surface area (Å²) in [7, 11) is 1.69. The minimum absolute atomic E-state index is 0.669. The van der Waals surface area contributed by atoms with Crippen LogP contribution in [0.25, 0.3) is 0 Å². The summed E-state index contributed by atoms with van der Waals surface area (Å²) in [5.74, 6) is 1.36. The second-order valence-corrected chi connectivity index (χ2v) is 1.96. The molecule has 4 nitrogen and oxygen atoms in total. The Balaban J connectivity index is 2.87. The molecule has 0 aliphatic carbocycles. The predicted molar refractivity (Wildman–Crippen MR) is 35.7 cm³/mol. The van der Waals surface area contributed by atoms with Gasteiger partial charge in [0.2, 0.25) is 5.75 Å². The van der Waals surface area contributed by atoms with E-state index < -0.39 is 0 Å². The molecular formula is C6H10N2O2. The van der Waals surface area contributed by atoms with Gasteiger partial charge in [-0.25, -0.2) is 0 Å². The van der Waals surface area contributed by atoms with E-state index in [4.69, 9.17) is 9.36 Å². The Morgan fingerprint density at radius 3 is 2.60 bits per heavy atom. The van der Waals surface area contributed by atoms with Crippen LogP contribution in [0.4, 0.5) is 0 Å². The lowest BCUT2D eigenvalue weighted by atomic mass is 10.4. The molecule has 0 saturated carbocycles. The molecular weight excluding hydrogens is 132 g/mol. The lowest BCUT2D eigenvalue weighted by Crippen LogP contribution is -2.11. The van der Waals surface area contributed by atoms with Crippen molar-refractivity contribution in [3.05, 3.63) is 11.5 Å². The molecule has 0 aliphatic heterocycles. The van der Waals surface area contributed by atoms with Gasteiger partial charge < -0.3 is 9.36 Å². The van der Waals surface area contributed by atoms with Crippen LogP contribution < -0.4 is 10.3 Å². The van der Waals surface area contributed by atoms with Crippen molar-refractivity contribution in [1.82, 2.24) is 10.6 Å². The maximum Gasteiger partial charge on any atom is 0.212 e. The average molecular weight is 142 g/mol. The topological polar surface area (TPSA) is 47.3 Å². The van der Waals surface area contributed by atoms with Gasteiger partial charge in [-0.1, -0.05) is 5.16 Å². The van der Waals surface area contributed by atoms with Gasteiger partial charge in [0.05, 0.1) is 0 Å². The highest BCUT2D eigenvalue weighted by molar-refractivity contribution is 5.27. The first-order valence-electron chi connectivity index (χ1n) is 3.02. The van der Waals surface area contributed by atoms with Gasteiger partial charge in [-0.2, -0.15) is 5.48 Å². The lowest BCUT2D eigenvalue weighted by molar-refractivity contribution is 0.217. The summed E-state index contributed by atoms with van der Waals surface area (Å²) in [5, 5.41) is 3.69. The van der Waals surface area contributed by atoms with Crippen molar-refractivity contribution in [2.24, 2.45) is 0 Å². The van der Waals surface area contributed by atoms with E-state index in [1.54, 1.807) is 14.0 Å². The van der Waals surface area contributed by atoms with E-state index in [9.17, 15) is 0 Å². The second kappa shape index (κ2) is 2.70. The van der Waals surface area contributed by atoms with Gasteiger partial charge in [0.15, 0.2) is 5.76 Å². The Kier molecular flexibility index (Phi) is 1.91. The molecule has 1 N–H and O–H groups in total. The van der Waals surface area contributed by atoms with Crippen LogP contribution in [0, 0.1) is 13.8 Å². The quantitative estimate of drug-likeness (QED) is 0.620. The van der Waals surface area contributed by atoms with Crippen molar-refractivity contribution in [2.75, 3.05) is 7.05 Å². The largest absolute Gasteiger partial charge is 0.403 e. The fourth-order valence-corrected chi connectivity index (χ4v) is 0.722. The van der Waals surface area contributed by atoms with Crippen molar-refractivity contribution >= 4 is 0 Å². The zero-order chi connectivity index (χ0) is 7.56. The zero-order valence-electron chi connectivity index (χ0n) is 6.26. The molecule has 0 bridgehead atoms. The minimum Gasteiger partial charge on any atom is -0.403 e. The minimum atomic E-state index is 0.669. The van der Waals surface area contributed by atoms with Gasteiger partial charge >= 0.3 is 0 Å². The third-order valence-electron chi connectivity index (χ3n) is 1.17. The number of hydrogen-bond acceptors (Lipinski definition) is 4. The predicted octanol–water partition coefficient (Wildman–Crippen LogP) is 0.805. The standard InChI is InChI=1S/C6H10N2O2/c1-4-6(10-7-3)5(2)9-8-4/h7H,1-3H3. The monoisotopic (exact) mass is 142 g/mol. The number of hydrogen-bond donors (Lipinski definition) is 1. The Morgan fingerprint density at radius 2 is 2.20 bits per heavy atom. The highest BCUT2D eigenvalue weighted by Crippen LogP contribution is 2.20. The van der Waals surface area contributed by atoms with Crippen LogP contribution in [0.5, 0.6) is 5.75 Å². The van der Waals surface area contributed by atoms with Gasteiger partial charge in [0.1, 0.15) is 5.69 Å². The molecule has 1 aromatic rings. The molecule has 0 radical (unpaired) electrons. The summed E-state index contributed by atoms with van der Waals surface area (Å²) in [6.45, 7) is 3.62. The summed E-state index contributed by atoms with van der Waals surface area (Å²) < 4.78 is 4.83. The highest BCUT2D eigenvalue weighted by atomic mass is 16.7. The van der Waals surface area contributed by atoms with Crippen LogP contribution in [-0.2, 0) is 0 Å². The Labute approximate surface area is 59.1 Å². The van der Waals surface area contributed by atoms with Crippen LogP contribution >= 0.6 is 0 Å². The second-order valence-electron chi connectivity index (χ2n) is 1.96. The summed E-state index contributed by atoms with van der Waals surface area (Å²) in [4.78, 5) is 5.00. The van der Waals surface area contributed by atoms with Crippen molar-refractivity contribution in [3.8, 4) is 5.75 Å². The van der Waals surface area contributed by atoms with Crippen molar-refractivity contribution < 1.29 is 9.36 Å². The molecule has 0 atom stereocenters. The number of nitrogens with zero attached hydrogens (tertiary/aromatic N) is 1. The molecule has 0 aromatic carbocycles. The average Bonchev–Trinajstić information content (AvgIpc) is 2.20. The fourth-order valence-electron chi connectivity index (χ4n) is 0.722. The fraction of sp³-hybridized carbons (Fsp3) is 0.500. The molecule has 0 aliphatic rings. The molecule has 0 saturated heterocycles. The molecule has 1 rings (SSSR count). The molecule has 10 heavy (non-hydrogen) atoms. The molecule has 0 fully saturated rings. The van der Waals surface area contributed by atoms with Gasteiger partial charge in [0, 0.05) is 14.0 Å². The smallest absolute Gasteiger partial charge is 0.212 e. The van der Waals surface area contributed by atoms with E-state index in [0.29, 0.717) is 11.5 Å². The van der Waals surface area contributed by atoms with E-state index in [2.05, 4.69) is 10.6 Å². The molecule has 0 unspecified atom stereocenters. The Morgan fingerprint density at radius 1 is 1.50 bits per heavy atom. The number of aryl methyl sites for hydroxylation is 2. The molecule has 1 aromatic heterocycles. The third-order valence-corrected chi connectivity index (χ3v) is 1.17. The van der Waals surface area contributed by atoms with E-state index in [1.807, 2.05) is 6.92 Å². The molecule has 56 valence electrons. The number of nitrogens with one attached hydrogen (secondary N) is 1. The van der Waals surface area contributed by atoms with Gasteiger partial charge in [-0.3, -0.25) is 0 Å². The lowest BCUT2D eigenvalue weighted by Gasteiger charge is -1.98. The normalized spacial score (nSPS) is 9.90. The third kappa shape index (κ3) is 1.11. The number of aromatic nitrogens is 1. The zero-order valence-corrected chi connectivity index (χ0v) is 6.26. The summed E-state index contributed by atoms with van der Waals surface area (Å²) in [6, 6.07) is 0. The van der Waals surface area contributed by atoms with Gasteiger partial charge in [0.25, 0.3) is 0 Å². The first kappa shape index (κ1) is 7.08. The van der Waals surface area contributed by atoms with Crippen molar-refractivity contribution in [1.29, 1.82) is 0 Å². The van der Waals surface area contributed by atoms with Crippen LogP contribution in [0.15, 0.2) is 4.52 Å². The van der Waals surface area contributed by atoms with Gasteiger partial charge in [-0.05, 0) is 6.92 Å².